The molecule has 12 heteroatoms. The average molecular weight is 592 g/mol. The summed E-state index contributed by atoms with van der Waals surface area (Å²) in [4.78, 5) is 64.8. The highest BCUT2D eigenvalue weighted by Gasteiger charge is 2.37. The number of carbonyl (C=O) groups is 5. The zero-order chi connectivity index (χ0) is 31.8. The molecule has 1 rings (SSSR count). The van der Waals surface area contributed by atoms with Crippen LogP contribution in [0.25, 0.3) is 0 Å². The van der Waals surface area contributed by atoms with Crippen molar-refractivity contribution in [2.75, 3.05) is 27.3 Å². The van der Waals surface area contributed by atoms with E-state index in [9.17, 15) is 29.1 Å². The molecule has 1 aromatic rings. The molecule has 6 N–H and O–H groups in total. The number of amides is 4. The van der Waals surface area contributed by atoms with Crippen molar-refractivity contribution < 1.29 is 33.8 Å². The number of ether oxygens (including phenoxy) is 1. The Balaban J connectivity index is 2.99. The van der Waals surface area contributed by atoms with E-state index in [2.05, 4.69) is 28.1 Å². The summed E-state index contributed by atoms with van der Waals surface area (Å²) in [6, 6.07) is 6.15. The molecule has 0 aliphatic heterocycles. The first-order valence-corrected chi connectivity index (χ1v) is 14.5. The molecule has 0 radical (unpaired) electrons. The number of hydrogen-bond acceptors (Lipinski definition) is 8. The summed E-state index contributed by atoms with van der Waals surface area (Å²) < 4.78 is 4.83. The van der Waals surface area contributed by atoms with Crippen molar-refractivity contribution in [3.63, 3.8) is 0 Å². The van der Waals surface area contributed by atoms with Crippen LogP contribution in [0.2, 0.25) is 0 Å². The normalized spacial score (nSPS) is 14.6. The largest absolute Gasteiger partial charge is 0.467 e. The molecule has 4 amide bonds. The minimum absolute atomic E-state index is 0.176. The fourth-order valence-corrected chi connectivity index (χ4v) is 4.40. The van der Waals surface area contributed by atoms with Gasteiger partial charge in [0.1, 0.15) is 18.1 Å². The number of carbonyl (C=O) groups excluding carboxylic acids is 5. The lowest BCUT2D eigenvalue weighted by Gasteiger charge is -2.34. The Kier molecular flexibility index (Phi) is 16.4. The SMILES string of the molecule is COC(=O)[C@@H](NC(=O)[C@H](C(CO)CNC(=O)[C@H](C)NC(=O)[C@H](C)N)N(C)C(=O)CCCCCc1ccccc1)C(C)C. The Morgan fingerprint density at radius 1 is 0.929 bits per heavy atom. The lowest BCUT2D eigenvalue weighted by atomic mass is 9.95. The summed E-state index contributed by atoms with van der Waals surface area (Å²) >= 11 is 0. The molecule has 0 bridgehead atoms. The minimum atomic E-state index is -1.20. The number of methoxy groups -OCH3 is 1. The number of rotatable bonds is 18. The lowest BCUT2D eigenvalue weighted by Crippen LogP contribution is -2.59. The molecular weight excluding hydrogens is 542 g/mol. The second kappa shape index (κ2) is 18.8. The van der Waals surface area contributed by atoms with Crippen LogP contribution >= 0.6 is 0 Å². The second-order valence-corrected chi connectivity index (χ2v) is 11.0. The standard InChI is InChI=1S/C30H49N5O7/c1-19(2)25(30(41)42-6)34-29(40)26(23(18-36)17-32-28(39)21(4)33-27(38)20(3)31)35(5)24(37)16-12-8-11-15-22-13-9-7-10-14-22/h7,9-10,13-14,19-21,23,25-26,36H,8,11-12,15-18,31H2,1-6H3,(H,32,39)(H,33,38)(H,34,40)/t20-,21-,23?,25-,26-/m0/s1. The van der Waals surface area contributed by atoms with E-state index < -0.39 is 60.4 Å². The van der Waals surface area contributed by atoms with Crippen LogP contribution in [-0.2, 0) is 35.1 Å². The van der Waals surface area contributed by atoms with Crippen LogP contribution in [0.4, 0.5) is 0 Å². The molecule has 42 heavy (non-hydrogen) atoms. The lowest BCUT2D eigenvalue weighted by molar-refractivity contribution is -0.148. The van der Waals surface area contributed by atoms with Crippen LogP contribution in [0.15, 0.2) is 30.3 Å². The van der Waals surface area contributed by atoms with E-state index in [1.807, 2.05) is 18.2 Å². The molecule has 236 valence electrons. The smallest absolute Gasteiger partial charge is 0.328 e. The van der Waals surface area contributed by atoms with Crippen LogP contribution in [0.1, 0.15) is 58.9 Å². The third kappa shape index (κ3) is 12.2. The Bertz CT molecular complexity index is 1020. The van der Waals surface area contributed by atoms with Crippen molar-refractivity contribution in [1.82, 2.24) is 20.9 Å². The van der Waals surface area contributed by atoms with E-state index >= 15 is 0 Å². The van der Waals surface area contributed by atoms with Gasteiger partial charge in [0.2, 0.25) is 23.6 Å². The van der Waals surface area contributed by atoms with E-state index in [1.54, 1.807) is 13.8 Å². The molecule has 1 aromatic carbocycles. The van der Waals surface area contributed by atoms with Gasteiger partial charge in [-0.3, -0.25) is 19.2 Å². The van der Waals surface area contributed by atoms with Crippen molar-refractivity contribution in [3.8, 4) is 0 Å². The van der Waals surface area contributed by atoms with Gasteiger partial charge in [-0.2, -0.15) is 0 Å². The Labute approximate surface area is 249 Å². The summed E-state index contributed by atoms with van der Waals surface area (Å²) in [6.07, 6.45) is 3.41. The number of nitrogens with one attached hydrogen (secondary N) is 3. The first-order chi connectivity index (χ1) is 19.8. The molecule has 1 unspecified atom stereocenters. The molecule has 5 atom stereocenters. The maximum Gasteiger partial charge on any atom is 0.328 e. The van der Waals surface area contributed by atoms with Gasteiger partial charge in [-0.15, -0.1) is 0 Å². The highest BCUT2D eigenvalue weighted by molar-refractivity contribution is 5.91. The van der Waals surface area contributed by atoms with Gasteiger partial charge < -0.3 is 36.4 Å². The molecule has 0 saturated heterocycles. The van der Waals surface area contributed by atoms with Crippen molar-refractivity contribution in [1.29, 1.82) is 0 Å². The van der Waals surface area contributed by atoms with Gasteiger partial charge in [-0.25, -0.2) is 4.79 Å². The van der Waals surface area contributed by atoms with Crippen molar-refractivity contribution >= 4 is 29.6 Å². The van der Waals surface area contributed by atoms with Gasteiger partial charge in [-0.05, 0) is 44.6 Å². The molecule has 0 aromatic heterocycles. The van der Waals surface area contributed by atoms with Crippen LogP contribution in [0.3, 0.4) is 0 Å². The monoisotopic (exact) mass is 591 g/mol. The number of unbranched alkanes of at least 4 members (excludes halogenated alkanes) is 2. The first kappa shape index (κ1) is 36.5. The fraction of sp³-hybridized carbons (Fsp3) is 0.633. The summed E-state index contributed by atoms with van der Waals surface area (Å²) in [5, 5.41) is 18.0. The predicted molar refractivity (Wildman–Crippen MR) is 159 cm³/mol. The number of likely N-dealkylation sites (N-methyl/N-ethyl adjacent to an activating group) is 1. The minimum Gasteiger partial charge on any atom is -0.467 e. The summed E-state index contributed by atoms with van der Waals surface area (Å²) in [7, 11) is 2.68. The van der Waals surface area contributed by atoms with Crippen LogP contribution in [0.5, 0.6) is 0 Å². The van der Waals surface area contributed by atoms with Crippen molar-refractivity contribution in [3.05, 3.63) is 35.9 Å². The van der Waals surface area contributed by atoms with Crippen molar-refractivity contribution in [2.24, 2.45) is 17.6 Å². The number of hydrogen-bond donors (Lipinski definition) is 5. The number of esters is 1. The molecular formula is C30H49N5O7. The Morgan fingerprint density at radius 3 is 2.12 bits per heavy atom. The highest BCUT2D eigenvalue weighted by Crippen LogP contribution is 2.16. The number of aryl methyl sites for hydroxylation is 1. The van der Waals surface area contributed by atoms with E-state index in [0.717, 1.165) is 19.3 Å². The summed E-state index contributed by atoms with van der Waals surface area (Å²) in [5.74, 6) is -3.90. The van der Waals surface area contributed by atoms with Gasteiger partial charge in [-0.1, -0.05) is 50.6 Å². The van der Waals surface area contributed by atoms with Crippen LogP contribution in [0, 0.1) is 11.8 Å². The quantitative estimate of drug-likeness (QED) is 0.121. The van der Waals surface area contributed by atoms with Crippen LogP contribution < -0.4 is 21.7 Å². The third-order valence-corrected chi connectivity index (χ3v) is 7.08. The van der Waals surface area contributed by atoms with Crippen molar-refractivity contribution in [2.45, 2.75) is 84.0 Å². The molecule has 0 aliphatic rings. The van der Waals surface area contributed by atoms with Gasteiger partial charge in [0.25, 0.3) is 0 Å². The van der Waals surface area contributed by atoms with E-state index in [1.165, 1.54) is 38.5 Å². The van der Waals surface area contributed by atoms with Crippen LogP contribution in [-0.4, -0.2) is 91.1 Å². The maximum atomic E-state index is 13.5. The maximum absolute atomic E-state index is 13.5. The molecule has 0 aliphatic carbocycles. The third-order valence-electron chi connectivity index (χ3n) is 7.08. The fourth-order valence-electron chi connectivity index (χ4n) is 4.40. The van der Waals surface area contributed by atoms with E-state index in [0.29, 0.717) is 6.42 Å². The summed E-state index contributed by atoms with van der Waals surface area (Å²) in [5.41, 5.74) is 6.77. The van der Waals surface area contributed by atoms with Gasteiger partial charge in [0, 0.05) is 25.9 Å². The number of aliphatic hydroxyl groups is 1. The average Bonchev–Trinajstić information content (AvgIpc) is 2.96. The molecule has 0 heterocycles. The number of benzene rings is 1. The molecule has 0 saturated carbocycles. The number of nitrogens with two attached hydrogens (primary N) is 1. The zero-order valence-electron chi connectivity index (χ0n) is 25.7. The molecule has 0 fully saturated rings. The van der Waals surface area contributed by atoms with E-state index in [4.69, 9.17) is 10.5 Å². The first-order valence-electron chi connectivity index (χ1n) is 14.5. The van der Waals surface area contributed by atoms with Gasteiger partial charge in [0.15, 0.2) is 0 Å². The zero-order valence-corrected chi connectivity index (χ0v) is 25.7. The second-order valence-electron chi connectivity index (χ2n) is 11.0. The Morgan fingerprint density at radius 2 is 1.57 bits per heavy atom. The highest BCUT2D eigenvalue weighted by atomic mass is 16.5. The van der Waals surface area contributed by atoms with Gasteiger partial charge in [0.05, 0.1) is 19.8 Å². The molecule has 12 nitrogen and oxygen atoms in total. The predicted octanol–water partition coefficient (Wildman–Crippen LogP) is 0.507. The Hall–Kier alpha value is -3.51. The van der Waals surface area contributed by atoms with E-state index in [-0.39, 0.29) is 24.8 Å². The van der Waals surface area contributed by atoms with Gasteiger partial charge >= 0.3 is 5.97 Å². The number of nitrogens with zero attached hydrogens (tertiary/aromatic N) is 1. The summed E-state index contributed by atoms with van der Waals surface area (Å²) in [6.45, 7) is 5.72. The number of aliphatic hydroxyl groups excluding tert-OH is 1. The molecule has 0 spiro atoms. The topological polar surface area (TPSA) is 180 Å².